The van der Waals surface area contributed by atoms with Crippen molar-refractivity contribution in [3.8, 4) is 0 Å². The van der Waals surface area contributed by atoms with E-state index in [2.05, 4.69) is 20.8 Å². The van der Waals surface area contributed by atoms with Gasteiger partial charge in [0.2, 0.25) is 0 Å². The first-order valence-corrected chi connectivity index (χ1v) is 6.36. The molecule has 106 valence electrons. The Bertz CT molecular complexity index is 584. The second-order valence-corrected chi connectivity index (χ2v) is 4.39. The van der Waals surface area contributed by atoms with E-state index in [0.717, 1.165) is 17.8 Å². The Kier molecular flexibility index (Phi) is 4.31. The van der Waals surface area contributed by atoms with E-state index in [4.69, 9.17) is 5.84 Å². The van der Waals surface area contributed by atoms with Crippen molar-refractivity contribution in [1.82, 2.24) is 20.1 Å². The van der Waals surface area contributed by atoms with Crippen molar-refractivity contribution in [2.24, 2.45) is 12.9 Å². The molecule has 0 radical (unpaired) electrons. The largest absolute Gasteiger partial charge is 0.346 e. The summed E-state index contributed by atoms with van der Waals surface area (Å²) in [4.78, 5) is 16.4. The lowest BCUT2D eigenvalue weighted by molar-refractivity contribution is 0.0950. The number of nitrogens with two attached hydrogens (primary N) is 1. The number of hydrazine groups is 1. The van der Waals surface area contributed by atoms with Crippen LogP contribution in [0.25, 0.3) is 0 Å². The molecule has 2 aromatic rings. The summed E-state index contributed by atoms with van der Waals surface area (Å²) in [7, 11) is 1.83. The number of hydrogen-bond acceptors (Lipinski definition) is 5. The molecule has 7 nitrogen and oxygen atoms in total. The minimum absolute atomic E-state index is 0.177. The van der Waals surface area contributed by atoms with Crippen LogP contribution in [0.2, 0.25) is 0 Å². The fraction of sp³-hybridized carbons (Fsp3) is 0.308. The molecule has 7 heteroatoms. The summed E-state index contributed by atoms with van der Waals surface area (Å²) in [6, 6.07) is 5.23. The number of rotatable bonds is 5. The quantitative estimate of drug-likeness (QED) is 0.547. The van der Waals surface area contributed by atoms with E-state index in [0.29, 0.717) is 17.9 Å². The van der Waals surface area contributed by atoms with Crippen molar-refractivity contribution >= 4 is 11.7 Å². The zero-order valence-corrected chi connectivity index (χ0v) is 11.6. The monoisotopic (exact) mass is 274 g/mol. The highest BCUT2D eigenvalue weighted by molar-refractivity contribution is 5.94. The molecule has 20 heavy (non-hydrogen) atoms. The van der Waals surface area contributed by atoms with Gasteiger partial charge in [0.1, 0.15) is 5.82 Å². The molecule has 0 aliphatic rings. The molecule has 2 aromatic heterocycles. The highest BCUT2D eigenvalue weighted by Crippen LogP contribution is 2.10. The van der Waals surface area contributed by atoms with Gasteiger partial charge in [0.05, 0.1) is 12.2 Å². The molecule has 0 saturated carbocycles. The lowest BCUT2D eigenvalue weighted by atomic mass is 10.2. The van der Waals surface area contributed by atoms with E-state index in [9.17, 15) is 4.79 Å². The Labute approximate surface area is 117 Å². The van der Waals surface area contributed by atoms with Gasteiger partial charge in [-0.3, -0.25) is 9.48 Å². The summed E-state index contributed by atoms with van der Waals surface area (Å²) in [5.41, 5.74) is 4.61. The van der Waals surface area contributed by atoms with Gasteiger partial charge in [0.25, 0.3) is 5.91 Å². The van der Waals surface area contributed by atoms with E-state index in [1.807, 2.05) is 26.2 Å². The smallest absolute Gasteiger partial charge is 0.251 e. The maximum Gasteiger partial charge on any atom is 0.251 e. The number of carbonyl (C=O) groups is 1. The molecule has 0 spiro atoms. The molecule has 0 fully saturated rings. The highest BCUT2D eigenvalue weighted by Gasteiger charge is 2.09. The van der Waals surface area contributed by atoms with E-state index < -0.39 is 0 Å². The maximum absolute atomic E-state index is 12.1. The van der Waals surface area contributed by atoms with E-state index in [1.165, 1.54) is 0 Å². The number of amides is 1. The van der Waals surface area contributed by atoms with Gasteiger partial charge in [0.15, 0.2) is 0 Å². The third kappa shape index (κ3) is 3.33. The predicted octanol–water partition coefficient (Wildman–Crippen LogP) is 0.593. The van der Waals surface area contributed by atoms with Gasteiger partial charge >= 0.3 is 0 Å². The summed E-state index contributed by atoms with van der Waals surface area (Å²) in [6.07, 6.45) is 2.57. The van der Waals surface area contributed by atoms with Gasteiger partial charge in [-0.1, -0.05) is 6.92 Å². The number of pyridine rings is 1. The van der Waals surface area contributed by atoms with Gasteiger partial charge in [-0.25, -0.2) is 10.8 Å². The lowest BCUT2D eigenvalue weighted by Gasteiger charge is -2.08. The number of hydrogen-bond donors (Lipinski definition) is 3. The summed E-state index contributed by atoms with van der Waals surface area (Å²) in [5, 5.41) is 7.02. The molecule has 0 bridgehead atoms. The van der Waals surface area contributed by atoms with Crippen molar-refractivity contribution in [3.63, 3.8) is 0 Å². The minimum atomic E-state index is -0.177. The van der Waals surface area contributed by atoms with E-state index in [-0.39, 0.29) is 5.91 Å². The molecule has 2 heterocycles. The molecule has 0 saturated heterocycles. The average Bonchev–Trinajstić information content (AvgIpc) is 2.89. The van der Waals surface area contributed by atoms with E-state index in [1.54, 1.807) is 16.8 Å². The van der Waals surface area contributed by atoms with Crippen LogP contribution in [0.15, 0.2) is 24.4 Å². The first-order valence-electron chi connectivity index (χ1n) is 6.36. The van der Waals surface area contributed by atoms with Gasteiger partial charge in [-0.15, -0.1) is 0 Å². The zero-order valence-electron chi connectivity index (χ0n) is 11.6. The highest BCUT2D eigenvalue weighted by atomic mass is 16.1. The van der Waals surface area contributed by atoms with Crippen LogP contribution in [0.4, 0.5) is 5.82 Å². The van der Waals surface area contributed by atoms with Crippen molar-refractivity contribution in [2.75, 3.05) is 5.43 Å². The Morgan fingerprint density at radius 1 is 1.40 bits per heavy atom. The Morgan fingerprint density at radius 2 is 2.20 bits per heavy atom. The van der Waals surface area contributed by atoms with Crippen molar-refractivity contribution in [1.29, 1.82) is 0 Å². The minimum Gasteiger partial charge on any atom is -0.346 e. The average molecular weight is 274 g/mol. The fourth-order valence-electron chi connectivity index (χ4n) is 1.80. The van der Waals surface area contributed by atoms with Crippen LogP contribution in [0.1, 0.15) is 28.7 Å². The maximum atomic E-state index is 12.1. The van der Waals surface area contributed by atoms with Crippen molar-refractivity contribution in [2.45, 2.75) is 19.9 Å². The first kappa shape index (κ1) is 14.0. The van der Waals surface area contributed by atoms with Gasteiger partial charge in [-0.2, -0.15) is 5.10 Å². The van der Waals surface area contributed by atoms with Crippen LogP contribution in [-0.2, 0) is 20.0 Å². The van der Waals surface area contributed by atoms with Crippen LogP contribution in [-0.4, -0.2) is 20.7 Å². The summed E-state index contributed by atoms with van der Waals surface area (Å²) in [6.45, 7) is 2.35. The SMILES string of the molecule is CCc1cc(C(=O)NCc2ccn(C)n2)cc(NN)n1. The molecule has 4 N–H and O–H groups in total. The zero-order chi connectivity index (χ0) is 14.5. The number of anilines is 1. The third-order valence-corrected chi connectivity index (χ3v) is 2.85. The number of nitrogen functional groups attached to an aromatic ring is 1. The number of carbonyl (C=O) groups excluding carboxylic acids is 1. The molecular formula is C13H18N6O. The topological polar surface area (TPSA) is 97.9 Å². The fourth-order valence-corrected chi connectivity index (χ4v) is 1.80. The van der Waals surface area contributed by atoms with Gasteiger partial charge in [0, 0.05) is 24.5 Å². The Hall–Kier alpha value is -2.41. The molecule has 0 atom stereocenters. The van der Waals surface area contributed by atoms with Gasteiger partial charge in [-0.05, 0) is 24.6 Å². The third-order valence-electron chi connectivity index (χ3n) is 2.85. The standard InChI is InChI=1S/C13H18N6O/c1-3-10-6-9(7-12(16-10)17-14)13(20)15-8-11-4-5-19(2)18-11/h4-7H,3,8,14H2,1-2H3,(H,15,20)(H,16,17). The van der Waals surface area contributed by atoms with Crippen LogP contribution < -0.4 is 16.6 Å². The van der Waals surface area contributed by atoms with Crippen molar-refractivity contribution in [3.05, 3.63) is 41.3 Å². The van der Waals surface area contributed by atoms with E-state index >= 15 is 0 Å². The molecule has 0 aliphatic carbocycles. The molecule has 0 aromatic carbocycles. The summed E-state index contributed by atoms with van der Waals surface area (Å²) >= 11 is 0. The predicted molar refractivity (Wildman–Crippen MR) is 75.8 cm³/mol. The van der Waals surface area contributed by atoms with Crippen LogP contribution >= 0.6 is 0 Å². The number of nitrogens with zero attached hydrogens (tertiary/aromatic N) is 3. The molecular weight excluding hydrogens is 256 g/mol. The van der Waals surface area contributed by atoms with Crippen LogP contribution in [0.5, 0.6) is 0 Å². The van der Waals surface area contributed by atoms with Crippen LogP contribution in [0.3, 0.4) is 0 Å². The lowest BCUT2D eigenvalue weighted by Crippen LogP contribution is -2.24. The van der Waals surface area contributed by atoms with Gasteiger partial charge < -0.3 is 10.7 Å². The molecule has 0 aliphatic heterocycles. The molecule has 1 amide bonds. The summed E-state index contributed by atoms with van der Waals surface area (Å²) < 4.78 is 1.69. The number of aromatic nitrogens is 3. The van der Waals surface area contributed by atoms with Crippen LogP contribution in [0, 0.1) is 0 Å². The first-order chi connectivity index (χ1) is 9.62. The normalized spacial score (nSPS) is 10.3. The Balaban J connectivity index is 2.08. The number of aryl methyl sites for hydroxylation is 2. The molecule has 2 rings (SSSR count). The second kappa shape index (κ2) is 6.16. The summed E-state index contributed by atoms with van der Waals surface area (Å²) in [5.74, 6) is 5.66. The number of nitrogens with one attached hydrogen (secondary N) is 2. The Morgan fingerprint density at radius 3 is 2.80 bits per heavy atom. The van der Waals surface area contributed by atoms with Crippen molar-refractivity contribution < 1.29 is 4.79 Å². The second-order valence-electron chi connectivity index (χ2n) is 4.39. The molecule has 0 unspecified atom stereocenters.